The van der Waals surface area contributed by atoms with E-state index in [2.05, 4.69) is 42.5 Å². The maximum absolute atomic E-state index is 9.16. The van der Waals surface area contributed by atoms with Gasteiger partial charge in [0.2, 0.25) is 0 Å². The van der Waals surface area contributed by atoms with Gasteiger partial charge in [0.25, 0.3) is 0 Å². The van der Waals surface area contributed by atoms with Gasteiger partial charge in [-0.2, -0.15) is 0 Å². The van der Waals surface area contributed by atoms with Crippen molar-refractivity contribution in [2.75, 3.05) is 0 Å². The molecular formula is C42H26O. The molecule has 1 heteroatoms. The van der Waals surface area contributed by atoms with Crippen LogP contribution in [0.4, 0.5) is 0 Å². The molecule has 0 fully saturated rings. The number of fused-ring (bicyclic) bond motifs is 6. The second kappa shape index (κ2) is 9.44. The maximum atomic E-state index is 9.16. The van der Waals surface area contributed by atoms with E-state index in [-0.39, 0.29) is 46.5 Å². The quantitative estimate of drug-likeness (QED) is 0.198. The van der Waals surface area contributed by atoms with Gasteiger partial charge in [-0.25, -0.2) is 0 Å². The summed E-state index contributed by atoms with van der Waals surface area (Å²) in [5.74, 6) is 0. The lowest BCUT2D eigenvalue weighted by molar-refractivity contribution is 0.669. The Morgan fingerprint density at radius 1 is 0.395 bits per heavy atom. The lowest BCUT2D eigenvalue weighted by Crippen LogP contribution is -1.91. The van der Waals surface area contributed by atoms with Gasteiger partial charge in [0.05, 0.1) is 9.60 Å². The van der Waals surface area contributed by atoms with E-state index in [0.29, 0.717) is 5.56 Å². The van der Waals surface area contributed by atoms with Gasteiger partial charge in [-0.1, -0.05) is 133 Å². The summed E-state index contributed by atoms with van der Waals surface area (Å²) in [4.78, 5) is 0. The highest BCUT2D eigenvalue weighted by Crippen LogP contribution is 2.46. The molecule has 1 aromatic heterocycles. The predicted molar refractivity (Wildman–Crippen MR) is 183 cm³/mol. The molecule has 0 saturated carbocycles. The van der Waals surface area contributed by atoms with Crippen LogP contribution in [0.1, 0.15) is 9.60 Å². The van der Waals surface area contributed by atoms with E-state index in [9.17, 15) is 0 Å². The second-order valence-corrected chi connectivity index (χ2v) is 10.7. The summed E-state index contributed by atoms with van der Waals surface area (Å²) in [5.41, 5.74) is 6.48. The van der Waals surface area contributed by atoms with Gasteiger partial charge in [-0.15, -0.1) is 0 Å². The lowest BCUT2D eigenvalue weighted by atomic mass is 9.84. The number of hydrogen-bond acceptors (Lipinski definition) is 1. The summed E-state index contributed by atoms with van der Waals surface area (Å²) in [6, 6.07) is 35.7. The van der Waals surface area contributed by atoms with Gasteiger partial charge in [0.15, 0.2) is 0 Å². The van der Waals surface area contributed by atoms with Crippen LogP contribution in [0.2, 0.25) is 0 Å². The minimum absolute atomic E-state index is 0.0602. The molecule has 0 saturated heterocycles. The van der Waals surface area contributed by atoms with Crippen LogP contribution in [-0.4, -0.2) is 0 Å². The number of benzene rings is 8. The zero-order chi connectivity index (χ0) is 34.4. The van der Waals surface area contributed by atoms with Gasteiger partial charge in [-0.05, 0) is 90.0 Å². The Morgan fingerprint density at radius 3 is 1.81 bits per heavy atom. The summed E-state index contributed by atoms with van der Waals surface area (Å²) in [6.45, 7) is 0. The Morgan fingerprint density at radius 2 is 1.05 bits per heavy atom. The molecule has 0 unspecified atom stereocenters. The first-order chi connectivity index (χ1) is 24.2. The van der Waals surface area contributed by atoms with Crippen LogP contribution in [0, 0.1) is 0 Å². The third-order valence-electron chi connectivity index (χ3n) is 8.36. The van der Waals surface area contributed by atoms with Crippen LogP contribution >= 0.6 is 0 Å². The molecule has 200 valence electrons. The van der Waals surface area contributed by atoms with Crippen LogP contribution in [0.25, 0.3) is 87.6 Å². The summed E-state index contributed by atoms with van der Waals surface area (Å²) < 4.78 is 67.4. The fourth-order valence-electron chi connectivity index (χ4n) is 6.45. The number of hydrogen-bond donors (Lipinski definition) is 0. The molecule has 0 spiro atoms. The Balaban J connectivity index is 1.36. The van der Waals surface area contributed by atoms with Gasteiger partial charge in [0, 0.05) is 10.8 Å². The molecular weight excluding hydrogens is 520 g/mol. The Hall–Kier alpha value is -5.66. The van der Waals surface area contributed by atoms with Crippen LogP contribution in [0.5, 0.6) is 0 Å². The van der Waals surface area contributed by atoms with Gasteiger partial charge in [0.1, 0.15) is 11.2 Å². The van der Waals surface area contributed by atoms with Crippen molar-refractivity contribution >= 4 is 54.3 Å². The van der Waals surface area contributed by atoms with Gasteiger partial charge >= 0.3 is 0 Å². The van der Waals surface area contributed by atoms with E-state index in [1.54, 1.807) is 0 Å². The fourth-order valence-corrected chi connectivity index (χ4v) is 6.45. The molecule has 1 heterocycles. The molecule has 0 radical (unpaired) electrons. The van der Waals surface area contributed by atoms with Crippen molar-refractivity contribution in [1.82, 2.24) is 0 Å². The fraction of sp³-hybridized carbons (Fsp3) is 0. The van der Waals surface area contributed by atoms with E-state index in [4.69, 9.17) is 14.0 Å². The van der Waals surface area contributed by atoms with Crippen molar-refractivity contribution in [3.05, 3.63) is 158 Å². The molecule has 0 atom stereocenters. The molecule has 0 N–H and O–H groups in total. The minimum Gasteiger partial charge on any atom is -0.456 e. The smallest absolute Gasteiger partial charge is 0.136 e. The normalized spacial score (nSPS) is 14.0. The zero-order valence-corrected chi connectivity index (χ0v) is 22.9. The largest absolute Gasteiger partial charge is 0.456 e. The molecule has 9 aromatic rings. The average Bonchev–Trinajstić information content (AvgIpc) is 3.52. The van der Waals surface area contributed by atoms with Crippen molar-refractivity contribution in [1.29, 1.82) is 0 Å². The average molecular weight is 554 g/mol. The van der Waals surface area contributed by atoms with Gasteiger partial charge < -0.3 is 4.42 Å². The Labute approximate surface area is 259 Å². The van der Waals surface area contributed by atoms with E-state index >= 15 is 0 Å². The first kappa shape index (κ1) is 18.0. The molecule has 0 amide bonds. The monoisotopic (exact) mass is 553 g/mol. The Kier molecular flexibility index (Phi) is 3.95. The van der Waals surface area contributed by atoms with Gasteiger partial charge in [-0.3, -0.25) is 0 Å². The minimum atomic E-state index is -0.471. The van der Waals surface area contributed by atoms with E-state index < -0.39 is 12.1 Å². The van der Waals surface area contributed by atoms with E-state index in [1.807, 2.05) is 72.8 Å². The highest BCUT2D eigenvalue weighted by atomic mass is 16.3. The van der Waals surface area contributed by atoms with Crippen molar-refractivity contribution in [2.24, 2.45) is 0 Å². The third-order valence-corrected chi connectivity index (χ3v) is 8.36. The summed E-state index contributed by atoms with van der Waals surface area (Å²) in [6.07, 6.45) is 0. The SMILES string of the molecule is [2H]c1c([2H])c([2H])c2c(-c3c4ccccc4c(-c4ccc5c(c4)oc4ccc(-c6ccccc6)cc45)c4ccccc34)c([2H])c([2H])c([2H])c2c1[2H]. The molecule has 8 aromatic carbocycles. The zero-order valence-electron chi connectivity index (χ0n) is 29.9. The Bertz CT molecular complexity index is 2830. The summed E-state index contributed by atoms with van der Waals surface area (Å²) in [5, 5.41) is 5.32. The summed E-state index contributed by atoms with van der Waals surface area (Å²) >= 11 is 0. The third kappa shape index (κ3) is 3.72. The van der Waals surface area contributed by atoms with Crippen LogP contribution in [-0.2, 0) is 0 Å². The van der Waals surface area contributed by atoms with Crippen LogP contribution in [0.15, 0.2) is 162 Å². The highest BCUT2D eigenvalue weighted by molar-refractivity contribution is 6.24. The molecule has 1 nitrogen and oxygen atoms in total. The summed E-state index contributed by atoms with van der Waals surface area (Å²) in [7, 11) is 0. The molecule has 0 aliphatic rings. The highest BCUT2D eigenvalue weighted by Gasteiger charge is 2.19. The molecule has 0 aliphatic carbocycles. The lowest BCUT2D eigenvalue weighted by Gasteiger charge is -2.18. The van der Waals surface area contributed by atoms with Crippen molar-refractivity contribution in [2.45, 2.75) is 0 Å². The van der Waals surface area contributed by atoms with Crippen molar-refractivity contribution in [3.63, 3.8) is 0 Å². The molecule has 0 bridgehead atoms. The topological polar surface area (TPSA) is 13.1 Å². The molecule has 0 aliphatic heterocycles. The molecule has 9 rings (SSSR count). The van der Waals surface area contributed by atoms with Crippen molar-refractivity contribution in [3.8, 4) is 33.4 Å². The predicted octanol–water partition coefficient (Wildman–Crippen LogP) is 12.0. The van der Waals surface area contributed by atoms with E-state index in [0.717, 1.165) is 65.7 Å². The van der Waals surface area contributed by atoms with E-state index in [1.165, 1.54) is 0 Å². The van der Waals surface area contributed by atoms with Crippen LogP contribution in [0.3, 0.4) is 0 Å². The number of furan rings is 1. The first-order valence-electron chi connectivity index (χ1n) is 17.7. The number of rotatable bonds is 3. The van der Waals surface area contributed by atoms with Crippen molar-refractivity contribution < 1.29 is 14.0 Å². The first-order valence-corrected chi connectivity index (χ1v) is 14.2. The molecule has 43 heavy (non-hydrogen) atoms. The second-order valence-electron chi connectivity index (χ2n) is 10.7. The van der Waals surface area contributed by atoms with Crippen LogP contribution < -0.4 is 0 Å². The maximum Gasteiger partial charge on any atom is 0.136 e. The standard InChI is InChI=1S/C42H26O/c1-2-11-27(12-3-1)29-22-24-39-38(25-29)32-23-21-30(26-40(32)43-39)41-34-16-6-8-18-36(34)42(37-19-9-7-17-35(37)41)33-20-10-14-28-13-4-5-15-31(28)33/h1-26H/i4D,5D,10D,13D,14D,15D,20D.